The molecule has 14 heavy (non-hydrogen) atoms. The van der Waals surface area contributed by atoms with E-state index < -0.39 is 0 Å². The summed E-state index contributed by atoms with van der Waals surface area (Å²) in [6, 6.07) is 6.26. The zero-order chi connectivity index (χ0) is 10.2. The van der Waals surface area contributed by atoms with Crippen LogP contribution in [-0.2, 0) is 0 Å². The molecule has 78 valence electrons. The third kappa shape index (κ3) is 4.51. The lowest BCUT2D eigenvalue weighted by Gasteiger charge is -2.05. The average molecular weight is 214 g/mol. The number of unbranched alkanes of at least 4 members (excludes halogenated alkanes) is 1. The van der Waals surface area contributed by atoms with Crippen LogP contribution in [0.1, 0.15) is 12.8 Å². The quantitative estimate of drug-likeness (QED) is 0.672. The molecule has 1 rings (SSSR count). The molecule has 0 atom stereocenters. The van der Waals surface area contributed by atoms with Crippen LogP contribution in [0, 0.1) is 5.82 Å². The van der Waals surface area contributed by atoms with Gasteiger partial charge in [0.25, 0.3) is 0 Å². The molecule has 0 saturated heterocycles. The molecule has 1 nitrogen and oxygen atoms in total. The van der Waals surface area contributed by atoms with Gasteiger partial charge in [0.15, 0.2) is 0 Å². The molecule has 0 fully saturated rings. The van der Waals surface area contributed by atoms with Crippen molar-refractivity contribution in [2.75, 3.05) is 18.6 Å². The maximum atomic E-state index is 12.7. The van der Waals surface area contributed by atoms with Gasteiger partial charge in [0.2, 0.25) is 0 Å². The number of hydrogen-bond acceptors (Lipinski definition) is 2. The first-order chi connectivity index (χ1) is 6.83. The first kappa shape index (κ1) is 11.4. The summed E-state index contributed by atoms with van der Waals surface area (Å²) in [4.78, 5) is 0. The smallest absolute Gasteiger partial charge is 0.126 e. The van der Waals surface area contributed by atoms with E-state index in [1.807, 2.05) is 11.8 Å². The van der Waals surface area contributed by atoms with Gasteiger partial charge < -0.3 is 4.74 Å². The first-order valence-electron chi connectivity index (χ1n) is 4.70. The first-order valence-corrected chi connectivity index (χ1v) is 6.09. The van der Waals surface area contributed by atoms with Crippen molar-refractivity contribution in [3.05, 3.63) is 30.1 Å². The van der Waals surface area contributed by atoms with E-state index in [1.54, 1.807) is 12.1 Å². The van der Waals surface area contributed by atoms with Gasteiger partial charge in [-0.1, -0.05) is 6.07 Å². The molecule has 0 radical (unpaired) electrons. The molecule has 0 saturated carbocycles. The Morgan fingerprint density at radius 2 is 2.21 bits per heavy atom. The van der Waals surface area contributed by atoms with Gasteiger partial charge in [-0.25, -0.2) is 4.39 Å². The lowest BCUT2D eigenvalue weighted by Crippen LogP contribution is -1.97. The van der Waals surface area contributed by atoms with Crippen molar-refractivity contribution in [2.24, 2.45) is 0 Å². The summed E-state index contributed by atoms with van der Waals surface area (Å²) in [6.45, 7) is 0.671. The van der Waals surface area contributed by atoms with Crippen molar-refractivity contribution in [2.45, 2.75) is 12.8 Å². The summed E-state index contributed by atoms with van der Waals surface area (Å²) in [5.74, 6) is 1.53. The minimum absolute atomic E-state index is 0.244. The Balaban J connectivity index is 2.18. The number of benzene rings is 1. The molecule has 0 aliphatic rings. The van der Waals surface area contributed by atoms with Crippen LogP contribution in [0.5, 0.6) is 5.75 Å². The SMILES string of the molecule is CSCCCCOc1cccc(F)c1. The van der Waals surface area contributed by atoms with E-state index in [-0.39, 0.29) is 5.82 Å². The monoisotopic (exact) mass is 214 g/mol. The number of thioether (sulfide) groups is 1. The Bertz CT molecular complexity index is 265. The summed E-state index contributed by atoms with van der Waals surface area (Å²) >= 11 is 1.83. The van der Waals surface area contributed by atoms with Gasteiger partial charge in [-0.3, -0.25) is 0 Å². The Morgan fingerprint density at radius 1 is 1.36 bits per heavy atom. The van der Waals surface area contributed by atoms with Crippen molar-refractivity contribution < 1.29 is 9.13 Å². The Labute approximate surface area is 88.7 Å². The van der Waals surface area contributed by atoms with E-state index >= 15 is 0 Å². The number of rotatable bonds is 6. The van der Waals surface area contributed by atoms with Crippen molar-refractivity contribution in [3.8, 4) is 5.75 Å². The van der Waals surface area contributed by atoms with Gasteiger partial charge in [-0.2, -0.15) is 11.8 Å². The zero-order valence-corrected chi connectivity index (χ0v) is 9.15. The van der Waals surface area contributed by atoms with E-state index in [1.165, 1.54) is 12.1 Å². The number of hydrogen-bond donors (Lipinski definition) is 0. The van der Waals surface area contributed by atoms with E-state index in [9.17, 15) is 4.39 Å². The molecule has 3 heteroatoms. The third-order valence-corrected chi connectivity index (χ3v) is 2.50. The van der Waals surface area contributed by atoms with E-state index in [2.05, 4.69) is 6.26 Å². The zero-order valence-electron chi connectivity index (χ0n) is 8.33. The molecule has 1 aromatic rings. The molecule has 0 aliphatic carbocycles. The van der Waals surface area contributed by atoms with Crippen molar-refractivity contribution in [1.82, 2.24) is 0 Å². The Morgan fingerprint density at radius 3 is 2.93 bits per heavy atom. The molecule has 0 bridgehead atoms. The maximum Gasteiger partial charge on any atom is 0.126 e. The molecule has 0 unspecified atom stereocenters. The molecule has 0 spiro atoms. The molecule has 0 aromatic heterocycles. The Kier molecular flexibility index (Phi) is 5.45. The lowest BCUT2D eigenvalue weighted by molar-refractivity contribution is 0.308. The highest BCUT2D eigenvalue weighted by Gasteiger charge is 1.95. The van der Waals surface area contributed by atoms with Gasteiger partial charge in [0.1, 0.15) is 11.6 Å². The van der Waals surface area contributed by atoms with Gasteiger partial charge >= 0.3 is 0 Å². The highest BCUT2D eigenvalue weighted by Crippen LogP contribution is 2.12. The van der Waals surface area contributed by atoms with Crippen LogP contribution >= 0.6 is 11.8 Å². The molecule has 0 heterocycles. The minimum Gasteiger partial charge on any atom is -0.493 e. The summed E-state index contributed by atoms with van der Waals surface area (Å²) in [6.07, 6.45) is 4.27. The van der Waals surface area contributed by atoms with E-state index in [4.69, 9.17) is 4.74 Å². The van der Waals surface area contributed by atoms with Gasteiger partial charge in [0, 0.05) is 6.07 Å². The van der Waals surface area contributed by atoms with Crippen molar-refractivity contribution in [3.63, 3.8) is 0 Å². The van der Waals surface area contributed by atoms with Crippen LogP contribution in [0.2, 0.25) is 0 Å². The molecular formula is C11H15FOS. The maximum absolute atomic E-state index is 12.7. The Hall–Kier alpha value is -0.700. The van der Waals surface area contributed by atoms with Gasteiger partial charge in [-0.05, 0) is 37.0 Å². The fourth-order valence-electron chi connectivity index (χ4n) is 1.10. The molecular weight excluding hydrogens is 199 g/mol. The summed E-state index contributed by atoms with van der Waals surface area (Å²) in [5.41, 5.74) is 0. The van der Waals surface area contributed by atoms with Crippen LogP contribution in [0.25, 0.3) is 0 Å². The van der Waals surface area contributed by atoms with E-state index in [0.29, 0.717) is 12.4 Å². The normalized spacial score (nSPS) is 10.1. The summed E-state index contributed by atoms with van der Waals surface area (Å²) in [7, 11) is 0. The minimum atomic E-state index is -0.244. The largest absolute Gasteiger partial charge is 0.493 e. The molecule has 0 aliphatic heterocycles. The molecule has 1 aromatic carbocycles. The third-order valence-electron chi connectivity index (χ3n) is 1.81. The summed E-state index contributed by atoms with van der Waals surface area (Å²) < 4.78 is 18.1. The highest BCUT2D eigenvalue weighted by molar-refractivity contribution is 7.98. The second-order valence-electron chi connectivity index (χ2n) is 3.01. The van der Waals surface area contributed by atoms with Crippen LogP contribution in [0.4, 0.5) is 4.39 Å². The number of halogens is 1. The number of ether oxygens (including phenoxy) is 1. The van der Waals surface area contributed by atoms with Gasteiger partial charge in [0.05, 0.1) is 6.61 Å². The van der Waals surface area contributed by atoms with Gasteiger partial charge in [-0.15, -0.1) is 0 Å². The second-order valence-corrected chi connectivity index (χ2v) is 3.99. The fourth-order valence-corrected chi connectivity index (χ4v) is 1.59. The van der Waals surface area contributed by atoms with Crippen molar-refractivity contribution >= 4 is 11.8 Å². The van der Waals surface area contributed by atoms with Crippen LogP contribution in [0.3, 0.4) is 0 Å². The topological polar surface area (TPSA) is 9.23 Å². The predicted octanol–water partition coefficient (Wildman–Crippen LogP) is 3.35. The standard InChI is InChI=1S/C11H15FOS/c1-14-8-3-2-7-13-11-6-4-5-10(12)9-11/h4-6,9H,2-3,7-8H2,1H3. The van der Waals surface area contributed by atoms with Crippen LogP contribution in [0.15, 0.2) is 24.3 Å². The lowest BCUT2D eigenvalue weighted by atomic mass is 10.3. The molecule has 0 N–H and O–H groups in total. The summed E-state index contributed by atoms with van der Waals surface area (Å²) in [5, 5.41) is 0. The van der Waals surface area contributed by atoms with Crippen LogP contribution < -0.4 is 4.74 Å². The predicted molar refractivity (Wildman–Crippen MR) is 59.5 cm³/mol. The van der Waals surface area contributed by atoms with E-state index in [0.717, 1.165) is 18.6 Å². The van der Waals surface area contributed by atoms with Crippen molar-refractivity contribution in [1.29, 1.82) is 0 Å². The van der Waals surface area contributed by atoms with Crippen LogP contribution in [-0.4, -0.2) is 18.6 Å². The average Bonchev–Trinajstić information content (AvgIpc) is 2.18. The fraction of sp³-hybridized carbons (Fsp3) is 0.455. The second kappa shape index (κ2) is 6.71. The highest BCUT2D eigenvalue weighted by atomic mass is 32.2. The molecule has 0 amide bonds.